The molecule has 4 aromatic rings. The molecule has 0 saturated heterocycles. The van der Waals surface area contributed by atoms with Gasteiger partial charge in [0, 0.05) is 60.6 Å². The number of rotatable bonds is 5. The van der Waals surface area contributed by atoms with Crippen LogP contribution in [-0.4, -0.2) is 36.9 Å². The van der Waals surface area contributed by atoms with Crippen LogP contribution >= 0.6 is 0 Å². The summed E-state index contributed by atoms with van der Waals surface area (Å²) in [5.41, 5.74) is 5.38. The van der Waals surface area contributed by atoms with Crippen molar-refractivity contribution in [2.45, 2.75) is 45.7 Å². The number of hydrogen-bond acceptors (Lipinski definition) is 3. The van der Waals surface area contributed by atoms with Gasteiger partial charge in [-0.15, -0.1) is 0 Å². The summed E-state index contributed by atoms with van der Waals surface area (Å²) in [7, 11) is 0. The highest BCUT2D eigenvalue weighted by Gasteiger charge is 2.35. The van der Waals surface area contributed by atoms with Crippen molar-refractivity contribution in [3.63, 3.8) is 0 Å². The van der Waals surface area contributed by atoms with Crippen LogP contribution in [0.25, 0.3) is 10.9 Å². The van der Waals surface area contributed by atoms with Crippen LogP contribution in [0.15, 0.2) is 54.9 Å². The molecule has 158 valence electrons. The quantitative estimate of drug-likeness (QED) is 0.533. The molecule has 1 aliphatic rings. The fourth-order valence-electron chi connectivity index (χ4n) is 4.75. The highest BCUT2D eigenvalue weighted by molar-refractivity contribution is 5.86. The maximum Gasteiger partial charge on any atom is 0.225 e. The van der Waals surface area contributed by atoms with E-state index in [0.29, 0.717) is 19.5 Å². The van der Waals surface area contributed by atoms with E-state index in [2.05, 4.69) is 39.7 Å². The lowest BCUT2D eigenvalue weighted by molar-refractivity contribution is -0.133. The highest BCUT2D eigenvalue weighted by Crippen LogP contribution is 2.38. The third kappa shape index (κ3) is 3.52. The lowest BCUT2D eigenvalue weighted by Crippen LogP contribution is -2.41. The van der Waals surface area contributed by atoms with Gasteiger partial charge in [0.15, 0.2) is 0 Å². The third-order valence-electron chi connectivity index (χ3n) is 6.23. The van der Waals surface area contributed by atoms with Crippen molar-refractivity contribution >= 4 is 16.8 Å². The second kappa shape index (κ2) is 8.02. The lowest BCUT2D eigenvalue weighted by Gasteiger charge is -2.36. The van der Waals surface area contributed by atoms with Gasteiger partial charge in [-0.2, -0.15) is 0 Å². The van der Waals surface area contributed by atoms with Gasteiger partial charge in [0.25, 0.3) is 0 Å². The molecule has 0 spiro atoms. The summed E-state index contributed by atoms with van der Waals surface area (Å²) in [6.45, 7) is 5.42. The molecule has 0 fully saturated rings. The normalized spacial score (nSPS) is 15.9. The first-order valence-electron chi connectivity index (χ1n) is 11.0. The fraction of sp³-hybridized carbons (Fsp3) is 0.320. The number of nitrogens with one attached hydrogen (secondary N) is 1. The van der Waals surface area contributed by atoms with Gasteiger partial charge in [-0.25, -0.2) is 4.98 Å². The second-order valence-corrected chi connectivity index (χ2v) is 8.15. The van der Waals surface area contributed by atoms with Crippen molar-refractivity contribution in [2.24, 2.45) is 0 Å². The number of hydrogen-bond donors (Lipinski definition) is 1. The Kier molecular flexibility index (Phi) is 5.06. The molecule has 6 nitrogen and oxygen atoms in total. The van der Waals surface area contributed by atoms with Crippen LogP contribution in [-0.2, 0) is 24.2 Å². The van der Waals surface area contributed by atoms with Crippen LogP contribution in [0.2, 0.25) is 0 Å². The second-order valence-electron chi connectivity index (χ2n) is 8.15. The number of fused-ring (bicyclic) bond motifs is 3. The minimum absolute atomic E-state index is 0.147. The first-order chi connectivity index (χ1) is 15.2. The van der Waals surface area contributed by atoms with E-state index in [1.165, 1.54) is 10.9 Å². The maximum absolute atomic E-state index is 13.4. The van der Waals surface area contributed by atoms with E-state index >= 15 is 0 Å². The average molecular weight is 414 g/mol. The van der Waals surface area contributed by atoms with Crippen molar-refractivity contribution in [3.05, 3.63) is 83.3 Å². The van der Waals surface area contributed by atoms with Crippen molar-refractivity contribution in [1.29, 1.82) is 0 Å². The number of imidazole rings is 1. The van der Waals surface area contributed by atoms with Gasteiger partial charge in [-0.05, 0) is 37.1 Å². The van der Waals surface area contributed by atoms with Crippen LogP contribution < -0.4 is 0 Å². The molecule has 6 heteroatoms. The van der Waals surface area contributed by atoms with Gasteiger partial charge >= 0.3 is 0 Å². The number of carbonyl (C=O) groups is 1. The molecule has 3 aromatic heterocycles. The molecule has 5 rings (SSSR count). The summed E-state index contributed by atoms with van der Waals surface area (Å²) in [6.07, 6.45) is 5.91. The number of aromatic nitrogens is 4. The summed E-state index contributed by atoms with van der Waals surface area (Å²) in [6, 6.07) is 14.2. The Morgan fingerprint density at radius 1 is 1.19 bits per heavy atom. The smallest absolute Gasteiger partial charge is 0.225 e. The van der Waals surface area contributed by atoms with Crippen molar-refractivity contribution in [2.75, 3.05) is 6.54 Å². The Bertz CT molecular complexity index is 1240. The number of pyridine rings is 1. The molecule has 1 atom stereocenters. The lowest BCUT2D eigenvalue weighted by atomic mass is 9.94. The number of H-pyrrole nitrogens is 1. The predicted octanol–water partition coefficient (Wildman–Crippen LogP) is 4.19. The van der Waals surface area contributed by atoms with Gasteiger partial charge in [0.05, 0.1) is 5.69 Å². The number of aromatic amines is 1. The molecule has 0 saturated carbocycles. The standard InChI is InChI=1S/C25H27N5O/c1-3-22-26-13-16-29(22)14-12-23(31)30-15-11-19-18-8-4-5-9-20(18)28-24(19)25(30)21-10-6-7-17(2)27-21/h4-10,13,16,25,28H,3,11-12,14-15H2,1-2H3. The molecule has 1 amide bonds. The molecular formula is C25H27N5O. The highest BCUT2D eigenvalue weighted by atomic mass is 16.2. The Morgan fingerprint density at radius 3 is 2.90 bits per heavy atom. The van der Waals surface area contributed by atoms with E-state index in [0.717, 1.165) is 41.3 Å². The SMILES string of the molecule is CCc1nccn1CCC(=O)N1CCc2c([nH]c3ccccc23)C1c1cccc(C)n1. The Labute approximate surface area is 181 Å². The van der Waals surface area contributed by atoms with Crippen LogP contribution in [0.5, 0.6) is 0 Å². The van der Waals surface area contributed by atoms with Crippen LogP contribution in [0.1, 0.15) is 47.9 Å². The summed E-state index contributed by atoms with van der Waals surface area (Å²) < 4.78 is 2.08. The zero-order chi connectivity index (χ0) is 21.4. The summed E-state index contributed by atoms with van der Waals surface area (Å²) in [5, 5.41) is 1.24. The predicted molar refractivity (Wildman–Crippen MR) is 121 cm³/mol. The van der Waals surface area contributed by atoms with Gasteiger partial charge in [-0.1, -0.05) is 31.2 Å². The Hall–Kier alpha value is -3.41. The molecule has 4 heterocycles. The average Bonchev–Trinajstić information content (AvgIpc) is 3.40. The van der Waals surface area contributed by atoms with Crippen LogP contribution in [0.4, 0.5) is 0 Å². The Morgan fingerprint density at radius 2 is 2.06 bits per heavy atom. The van der Waals surface area contributed by atoms with Crippen molar-refractivity contribution in [1.82, 2.24) is 24.4 Å². The summed E-state index contributed by atoms with van der Waals surface area (Å²) in [4.78, 5) is 28.2. The number of amides is 1. The maximum atomic E-state index is 13.4. The van der Waals surface area contributed by atoms with E-state index in [9.17, 15) is 4.79 Å². The number of carbonyl (C=O) groups excluding carboxylic acids is 1. The first kappa shape index (κ1) is 19.5. The molecule has 1 aliphatic heterocycles. The molecule has 0 radical (unpaired) electrons. The molecule has 0 aliphatic carbocycles. The van der Waals surface area contributed by atoms with Gasteiger partial charge in [0.1, 0.15) is 11.9 Å². The topological polar surface area (TPSA) is 66.8 Å². The molecule has 1 unspecified atom stereocenters. The number of nitrogens with zero attached hydrogens (tertiary/aromatic N) is 4. The van der Waals surface area contributed by atoms with Gasteiger partial charge in [-0.3, -0.25) is 9.78 Å². The molecule has 31 heavy (non-hydrogen) atoms. The number of benzene rings is 1. The largest absolute Gasteiger partial charge is 0.356 e. The number of aryl methyl sites for hydroxylation is 3. The molecular weight excluding hydrogens is 386 g/mol. The Balaban J connectivity index is 1.51. The van der Waals surface area contributed by atoms with E-state index in [1.54, 1.807) is 6.20 Å². The van der Waals surface area contributed by atoms with Gasteiger partial charge in [0.2, 0.25) is 5.91 Å². The minimum atomic E-state index is -0.197. The zero-order valence-electron chi connectivity index (χ0n) is 18.0. The fourth-order valence-corrected chi connectivity index (χ4v) is 4.75. The van der Waals surface area contributed by atoms with Gasteiger partial charge < -0.3 is 14.5 Å². The molecule has 0 bridgehead atoms. The molecule has 1 N–H and O–H groups in total. The zero-order valence-corrected chi connectivity index (χ0v) is 18.0. The number of para-hydroxylation sites is 1. The van der Waals surface area contributed by atoms with Crippen LogP contribution in [0, 0.1) is 6.92 Å². The van der Waals surface area contributed by atoms with Crippen molar-refractivity contribution in [3.8, 4) is 0 Å². The van der Waals surface area contributed by atoms with E-state index in [-0.39, 0.29) is 11.9 Å². The minimum Gasteiger partial charge on any atom is -0.356 e. The summed E-state index contributed by atoms with van der Waals surface area (Å²) in [5.74, 6) is 1.16. The third-order valence-corrected chi connectivity index (χ3v) is 6.23. The molecule has 1 aromatic carbocycles. The van der Waals surface area contributed by atoms with E-state index < -0.39 is 0 Å². The first-order valence-corrected chi connectivity index (χ1v) is 11.0. The monoisotopic (exact) mass is 413 g/mol. The van der Waals surface area contributed by atoms with E-state index in [4.69, 9.17) is 4.98 Å². The van der Waals surface area contributed by atoms with Crippen molar-refractivity contribution < 1.29 is 4.79 Å². The van der Waals surface area contributed by atoms with E-state index in [1.807, 2.05) is 42.3 Å². The summed E-state index contributed by atoms with van der Waals surface area (Å²) >= 11 is 0. The van der Waals surface area contributed by atoms with Crippen LogP contribution in [0.3, 0.4) is 0 Å².